The molecule has 0 fully saturated rings. The zero-order chi connectivity index (χ0) is 26.5. The van der Waals surface area contributed by atoms with Gasteiger partial charge in [0, 0.05) is 16.1 Å². The number of nitro groups is 1. The lowest BCUT2D eigenvalue weighted by molar-refractivity contribution is -0.380. The van der Waals surface area contributed by atoms with Crippen molar-refractivity contribution in [2.75, 3.05) is 11.9 Å². The number of aromatic nitrogens is 1. The van der Waals surface area contributed by atoms with Gasteiger partial charge in [0.05, 0.1) is 16.4 Å². The molecule has 0 spiro atoms. The van der Waals surface area contributed by atoms with Crippen LogP contribution in [-0.2, 0) is 0 Å². The first-order valence-corrected chi connectivity index (χ1v) is 13.9. The van der Waals surface area contributed by atoms with E-state index in [0.29, 0.717) is 28.2 Å². The number of nitrogens with one attached hydrogen (secondary N) is 1. The predicted molar refractivity (Wildman–Crippen MR) is 151 cm³/mol. The van der Waals surface area contributed by atoms with Crippen LogP contribution in [0.1, 0.15) is 40.6 Å². The number of benzene rings is 2. The van der Waals surface area contributed by atoms with Crippen molar-refractivity contribution in [2.45, 2.75) is 33.6 Å². The first kappa shape index (κ1) is 26.8. The third-order valence-corrected chi connectivity index (χ3v) is 8.46. The van der Waals surface area contributed by atoms with E-state index >= 15 is 0 Å². The number of nitrogens with zero attached hydrogens (tertiary/aromatic N) is 2. The molecule has 0 radical (unpaired) electrons. The minimum absolute atomic E-state index is 0.101. The van der Waals surface area contributed by atoms with Gasteiger partial charge in [-0.2, -0.15) is 0 Å². The molecule has 4 aromatic rings. The normalized spacial score (nSPS) is 10.8. The van der Waals surface area contributed by atoms with E-state index in [1.165, 1.54) is 23.5 Å². The zero-order valence-electron chi connectivity index (χ0n) is 20.4. The minimum atomic E-state index is -0.521. The third kappa shape index (κ3) is 6.54. The van der Waals surface area contributed by atoms with Gasteiger partial charge in [0.2, 0.25) is 5.06 Å². The predicted octanol–water partition coefficient (Wildman–Crippen LogP) is 8.38. The number of halogens is 1. The number of thiophene rings is 1. The summed E-state index contributed by atoms with van der Waals surface area (Å²) in [7, 11) is 0. The van der Waals surface area contributed by atoms with E-state index in [1.807, 2.05) is 50.2 Å². The Hall–Kier alpha value is -3.28. The Bertz CT molecular complexity index is 1410. The minimum Gasteiger partial charge on any atom is -0.494 e. The summed E-state index contributed by atoms with van der Waals surface area (Å²) in [6.07, 6.45) is 2.04. The maximum atomic E-state index is 12.7. The quantitative estimate of drug-likeness (QED) is 0.111. The van der Waals surface area contributed by atoms with Crippen LogP contribution in [0.3, 0.4) is 0 Å². The molecule has 2 aromatic carbocycles. The molecule has 0 aliphatic rings. The number of hydrogen-bond acceptors (Lipinski definition) is 8. The lowest BCUT2D eigenvalue weighted by Crippen LogP contribution is -2.09. The molecule has 0 saturated carbocycles. The van der Waals surface area contributed by atoms with Crippen molar-refractivity contribution in [3.05, 3.63) is 79.1 Å². The molecule has 0 saturated heterocycles. The van der Waals surface area contributed by atoms with E-state index in [-0.39, 0.29) is 9.88 Å². The van der Waals surface area contributed by atoms with E-state index in [0.717, 1.165) is 51.1 Å². The van der Waals surface area contributed by atoms with Crippen molar-refractivity contribution in [1.82, 2.24) is 4.98 Å². The molecule has 0 atom stereocenters. The standard InChI is InChI=1S/C26H24BrN3O5S2/c1-4-5-12-34-18-8-6-17(7-9-18)23-25(35-19-13-15(2)22(27)16(3)14-19)37-26(28-23)29-24(31)20-10-11-21(36-20)30(32)33/h6-11,13-14H,4-5,12H2,1-3H3,(H,28,29,31). The lowest BCUT2D eigenvalue weighted by Gasteiger charge is -2.10. The Balaban J connectivity index is 1.64. The molecule has 1 N–H and O–H groups in total. The van der Waals surface area contributed by atoms with Crippen LogP contribution < -0.4 is 14.8 Å². The van der Waals surface area contributed by atoms with E-state index in [1.54, 1.807) is 0 Å². The molecule has 0 aliphatic carbocycles. The van der Waals surface area contributed by atoms with Gasteiger partial charge in [0.1, 0.15) is 17.2 Å². The molecule has 4 rings (SSSR count). The molecule has 0 unspecified atom stereocenters. The van der Waals surface area contributed by atoms with Gasteiger partial charge in [-0.1, -0.05) is 51.9 Å². The van der Waals surface area contributed by atoms with E-state index < -0.39 is 10.8 Å². The van der Waals surface area contributed by atoms with Gasteiger partial charge in [0.15, 0.2) is 5.13 Å². The summed E-state index contributed by atoms with van der Waals surface area (Å²) in [4.78, 5) is 28.1. The summed E-state index contributed by atoms with van der Waals surface area (Å²) in [6, 6.07) is 14.1. The Kier molecular flexibility index (Phi) is 8.57. The number of carbonyl (C=O) groups is 1. The highest BCUT2D eigenvalue weighted by atomic mass is 79.9. The second kappa shape index (κ2) is 11.8. The molecule has 37 heavy (non-hydrogen) atoms. The van der Waals surface area contributed by atoms with Crippen LogP contribution in [0.2, 0.25) is 0 Å². The topological polar surface area (TPSA) is 104 Å². The Labute approximate surface area is 230 Å². The number of anilines is 1. The number of aryl methyl sites for hydroxylation is 2. The molecule has 2 heterocycles. The molecule has 8 nitrogen and oxygen atoms in total. The van der Waals surface area contributed by atoms with Crippen LogP contribution in [0.5, 0.6) is 16.6 Å². The maximum absolute atomic E-state index is 12.7. The average Bonchev–Trinajstić information content (AvgIpc) is 3.51. The van der Waals surface area contributed by atoms with Gasteiger partial charge in [-0.25, -0.2) is 4.98 Å². The van der Waals surface area contributed by atoms with Gasteiger partial charge in [0.25, 0.3) is 5.91 Å². The summed E-state index contributed by atoms with van der Waals surface area (Å²) in [5.41, 5.74) is 3.42. The number of ether oxygens (including phenoxy) is 2. The zero-order valence-corrected chi connectivity index (χ0v) is 23.6. The van der Waals surface area contributed by atoms with Crippen molar-refractivity contribution >= 4 is 54.6 Å². The van der Waals surface area contributed by atoms with Gasteiger partial charge in [-0.05, 0) is 73.9 Å². The fourth-order valence-corrected chi connectivity index (χ4v) is 5.23. The van der Waals surface area contributed by atoms with Gasteiger partial charge in [-0.3, -0.25) is 20.2 Å². The van der Waals surface area contributed by atoms with Gasteiger partial charge >= 0.3 is 5.00 Å². The number of rotatable bonds is 10. The van der Waals surface area contributed by atoms with Crippen LogP contribution in [0.25, 0.3) is 11.3 Å². The Morgan fingerprint density at radius 1 is 1.08 bits per heavy atom. The fourth-order valence-electron chi connectivity index (χ4n) is 3.43. The smallest absolute Gasteiger partial charge is 0.324 e. The number of thiazole rings is 1. The largest absolute Gasteiger partial charge is 0.494 e. The first-order valence-electron chi connectivity index (χ1n) is 11.5. The summed E-state index contributed by atoms with van der Waals surface area (Å²) >= 11 is 5.57. The first-order chi connectivity index (χ1) is 17.7. The third-order valence-electron chi connectivity index (χ3n) is 5.33. The Morgan fingerprint density at radius 2 is 1.78 bits per heavy atom. The molecular formula is C26H24BrN3O5S2. The average molecular weight is 603 g/mol. The SMILES string of the molecule is CCCCOc1ccc(-c2nc(NC(=O)c3ccc([N+](=O)[O-])s3)sc2Oc2cc(C)c(Br)c(C)c2)cc1. The number of hydrogen-bond donors (Lipinski definition) is 1. The molecular weight excluding hydrogens is 578 g/mol. The van der Waals surface area contributed by atoms with Crippen molar-refractivity contribution in [3.8, 4) is 27.8 Å². The van der Waals surface area contributed by atoms with Crippen LogP contribution >= 0.6 is 38.6 Å². The Morgan fingerprint density at radius 3 is 2.41 bits per heavy atom. The van der Waals surface area contributed by atoms with Crippen molar-refractivity contribution in [3.63, 3.8) is 0 Å². The van der Waals surface area contributed by atoms with Gasteiger partial charge < -0.3 is 9.47 Å². The highest BCUT2D eigenvalue weighted by Crippen LogP contribution is 2.42. The van der Waals surface area contributed by atoms with Crippen LogP contribution in [0, 0.1) is 24.0 Å². The van der Waals surface area contributed by atoms with Gasteiger partial charge in [-0.15, -0.1) is 0 Å². The summed E-state index contributed by atoms with van der Waals surface area (Å²) in [6.45, 7) is 6.74. The van der Waals surface area contributed by atoms with Crippen LogP contribution in [0.15, 0.2) is 53.0 Å². The van der Waals surface area contributed by atoms with Crippen molar-refractivity contribution in [1.29, 1.82) is 0 Å². The number of carbonyl (C=O) groups excluding carboxylic acids is 1. The highest BCUT2D eigenvalue weighted by Gasteiger charge is 2.20. The molecule has 0 aliphatic heterocycles. The lowest BCUT2D eigenvalue weighted by atomic mass is 10.1. The van der Waals surface area contributed by atoms with Crippen molar-refractivity contribution < 1.29 is 19.2 Å². The summed E-state index contributed by atoms with van der Waals surface area (Å²) in [5, 5.41) is 14.5. The summed E-state index contributed by atoms with van der Waals surface area (Å²) < 4.78 is 13.0. The van der Waals surface area contributed by atoms with E-state index in [2.05, 4.69) is 33.2 Å². The second-order valence-electron chi connectivity index (χ2n) is 8.20. The van der Waals surface area contributed by atoms with Crippen LogP contribution in [0.4, 0.5) is 10.1 Å². The highest BCUT2D eigenvalue weighted by molar-refractivity contribution is 9.10. The fraction of sp³-hybridized carbons (Fsp3) is 0.231. The molecule has 11 heteroatoms. The second-order valence-corrected chi connectivity index (χ2v) is 11.0. The molecule has 192 valence electrons. The summed E-state index contributed by atoms with van der Waals surface area (Å²) in [5.74, 6) is 0.941. The number of unbranched alkanes of at least 4 members (excludes halogenated alkanes) is 1. The van der Waals surface area contributed by atoms with Crippen LogP contribution in [-0.4, -0.2) is 22.4 Å². The van der Waals surface area contributed by atoms with E-state index in [4.69, 9.17) is 9.47 Å². The monoisotopic (exact) mass is 601 g/mol. The molecule has 2 aromatic heterocycles. The van der Waals surface area contributed by atoms with Crippen molar-refractivity contribution in [2.24, 2.45) is 0 Å². The molecule has 1 amide bonds. The number of amides is 1. The maximum Gasteiger partial charge on any atom is 0.324 e. The van der Waals surface area contributed by atoms with E-state index in [9.17, 15) is 14.9 Å². The molecule has 0 bridgehead atoms.